The van der Waals surface area contributed by atoms with Crippen molar-refractivity contribution < 1.29 is 4.74 Å². The third-order valence-electron chi connectivity index (χ3n) is 5.14. The summed E-state index contributed by atoms with van der Waals surface area (Å²) in [5.74, 6) is 2.09. The standard InChI is InChI=1S/C25H20N4O2/c1-16-14-17(12-13-26-16)25-27-21-10-9-20(18-8-11-22(30)29(2)15-18)24(23(21)28-25)31-19-6-4-3-5-7-19/h3-15H,1-2H3,(H,27,28). The van der Waals surface area contributed by atoms with Crippen LogP contribution in [0.4, 0.5) is 0 Å². The van der Waals surface area contributed by atoms with Crippen LogP contribution in [0.5, 0.6) is 11.5 Å². The number of aromatic amines is 1. The SMILES string of the molecule is Cc1cc(-c2nc3c(Oc4ccccc4)c(-c4ccc(=O)n(C)c4)ccc3[nH]2)ccn1. The smallest absolute Gasteiger partial charge is 0.250 e. The van der Waals surface area contributed by atoms with Gasteiger partial charge >= 0.3 is 0 Å². The molecule has 0 aliphatic heterocycles. The van der Waals surface area contributed by atoms with Crippen LogP contribution < -0.4 is 10.3 Å². The number of para-hydroxylation sites is 1. The van der Waals surface area contributed by atoms with Crippen molar-refractivity contribution in [3.63, 3.8) is 0 Å². The highest BCUT2D eigenvalue weighted by Gasteiger charge is 2.17. The van der Waals surface area contributed by atoms with Gasteiger partial charge in [-0.15, -0.1) is 0 Å². The van der Waals surface area contributed by atoms with E-state index in [0.29, 0.717) is 11.5 Å². The highest BCUT2D eigenvalue weighted by Crippen LogP contribution is 2.39. The van der Waals surface area contributed by atoms with Crippen LogP contribution in [0.15, 0.2) is 83.9 Å². The maximum absolute atomic E-state index is 11.9. The first kappa shape index (κ1) is 18.8. The van der Waals surface area contributed by atoms with Crippen molar-refractivity contribution in [3.05, 3.63) is 95.2 Å². The second-order valence-corrected chi connectivity index (χ2v) is 7.39. The second kappa shape index (κ2) is 7.57. The summed E-state index contributed by atoms with van der Waals surface area (Å²) >= 11 is 0. The number of H-pyrrole nitrogens is 1. The predicted molar refractivity (Wildman–Crippen MR) is 121 cm³/mol. The first-order valence-electron chi connectivity index (χ1n) is 9.94. The van der Waals surface area contributed by atoms with Gasteiger partial charge in [0.2, 0.25) is 5.56 Å². The lowest BCUT2D eigenvalue weighted by Gasteiger charge is -2.13. The molecule has 0 fully saturated rings. The van der Waals surface area contributed by atoms with Gasteiger partial charge in [-0.05, 0) is 49.4 Å². The zero-order valence-electron chi connectivity index (χ0n) is 17.2. The highest BCUT2D eigenvalue weighted by molar-refractivity contribution is 5.92. The Morgan fingerprint density at radius 1 is 0.968 bits per heavy atom. The number of hydrogen-bond acceptors (Lipinski definition) is 4. The molecule has 0 saturated heterocycles. The van der Waals surface area contributed by atoms with Gasteiger partial charge in [0, 0.05) is 47.9 Å². The number of nitrogens with zero attached hydrogens (tertiary/aromatic N) is 3. The molecule has 31 heavy (non-hydrogen) atoms. The molecule has 1 N–H and O–H groups in total. The zero-order chi connectivity index (χ0) is 21.4. The Balaban J connectivity index is 1.73. The number of hydrogen-bond donors (Lipinski definition) is 1. The van der Waals surface area contributed by atoms with Gasteiger partial charge in [0.25, 0.3) is 0 Å². The molecule has 3 aromatic heterocycles. The van der Waals surface area contributed by atoms with Gasteiger partial charge in [0.15, 0.2) is 5.75 Å². The van der Waals surface area contributed by atoms with Gasteiger partial charge in [0.05, 0.1) is 5.52 Å². The molecule has 0 bridgehead atoms. The van der Waals surface area contributed by atoms with Gasteiger partial charge in [-0.3, -0.25) is 9.78 Å². The van der Waals surface area contributed by atoms with E-state index in [9.17, 15) is 4.79 Å². The van der Waals surface area contributed by atoms with E-state index in [1.54, 1.807) is 36.1 Å². The van der Waals surface area contributed by atoms with Crippen LogP contribution in [0.1, 0.15) is 5.69 Å². The van der Waals surface area contributed by atoms with Crippen molar-refractivity contribution >= 4 is 11.0 Å². The Morgan fingerprint density at radius 3 is 2.58 bits per heavy atom. The Kier molecular flexibility index (Phi) is 4.59. The molecule has 6 heteroatoms. The van der Waals surface area contributed by atoms with Gasteiger partial charge in [-0.1, -0.05) is 18.2 Å². The van der Waals surface area contributed by atoms with Crippen LogP contribution in [-0.4, -0.2) is 19.5 Å². The molecule has 0 atom stereocenters. The molecule has 152 valence electrons. The number of rotatable bonds is 4. The van der Waals surface area contributed by atoms with E-state index in [1.165, 1.54) is 0 Å². The molecule has 0 aliphatic rings. The second-order valence-electron chi connectivity index (χ2n) is 7.39. The van der Waals surface area contributed by atoms with Crippen molar-refractivity contribution in [2.75, 3.05) is 0 Å². The molecule has 0 unspecified atom stereocenters. The molecule has 0 spiro atoms. The lowest BCUT2D eigenvalue weighted by atomic mass is 10.1. The average Bonchev–Trinajstić information content (AvgIpc) is 3.22. The van der Waals surface area contributed by atoms with Crippen LogP contribution >= 0.6 is 0 Å². The predicted octanol–water partition coefficient (Wildman–Crippen LogP) is 5.09. The van der Waals surface area contributed by atoms with E-state index in [1.807, 2.05) is 61.5 Å². The van der Waals surface area contributed by atoms with E-state index >= 15 is 0 Å². The third kappa shape index (κ3) is 3.59. The molecule has 5 aromatic rings. The van der Waals surface area contributed by atoms with Crippen molar-refractivity contribution in [1.29, 1.82) is 0 Å². The number of nitrogens with one attached hydrogen (secondary N) is 1. The molecule has 5 rings (SSSR count). The minimum atomic E-state index is -0.0644. The van der Waals surface area contributed by atoms with Gasteiger partial charge in [-0.2, -0.15) is 0 Å². The minimum absolute atomic E-state index is 0.0644. The fraction of sp³-hybridized carbons (Fsp3) is 0.0800. The Labute approximate surface area is 178 Å². The van der Waals surface area contributed by atoms with Gasteiger partial charge in [-0.25, -0.2) is 4.98 Å². The number of aryl methyl sites for hydroxylation is 2. The summed E-state index contributed by atoms with van der Waals surface area (Å²) < 4.78 is 7.90. The fourth-order valence-electron chi connectivity index (χ4n) is 3.57. The Hall–Kier alpha value is -4.19. The maximum Gasteiger partial charge on any atom is 0.250 e. The lowest BCUT2D eigenvalue weighted by molar-refractivity contribution is 0.489. The average molecular weight is 408 g/mol. The monoisotopic (exact) mass is 408 g/mol. The van der Waals surface area contributed by atoms with E-state index in [2.05, 4.69) is 9.97 Å². The normalized spacial score (nSPS) is 11.0. The number of imidazole rings is 1. The van der Waals surface area contributed by atoms with Crippen molar-refractivity contribution in [2.45, 2.75) is 6.92 Å². The molecule has 2 aromatic carbocycles. The van der Waals surface area contributed by atoms with Gasteiger partial charge in [0.1, 0.15) is 17.1 Å². The highest BCUT2D eigenvalue weighted by atomic mass is 16.5. The molecule has 0 aliphatic carbocycles. The topological polar surface area (TPSA) is 72.8 Å². The number of fused-ring (bicyclic) bond motifs is 1. The zero-order valence-corrected chi connectivity index (χ0v) is 17.2. The minimum Gasteiger partial charge on any atom is -0.454 e. The van der Waals surface area contributed by atoms with Gasteiger partial charge < -0.3 is 14.3 Å². The van der Waals surface area contributed by atoms with Crippen LogP contribution in [0.2, 0.25) is 0 Å². The summed E-state index contributed by atoms with van der Waals surface area (Å²) in [5.41, 5.74) is 5.13. The molecule has 0 amide bonds. The van der Waals surface area contributed by atoms with E-state index < -0.39 is 0 Å². The number of benzene rings is 2. The molecule has 6 nitrogen and oxygen atoms in total. The van der Waals surface area contributed by atoms with E-state index in [0.717, 1.165) is 39.2 Å². The Bertz CT molecular complexity index is 1450. The number of ether oxygens (including phenoxy) is 1. The lowest BCUT2D eigenvalue weighted by Crippen LogP contribution is -2.14. The summed E-state index contributed by atoms with van der Waals surface area (Å²) in [5, 5.41) is 0. The third-order valence-corrected chi connectivity index (χ3v) is 5.14. The molecule has 0 saturated carbocycles. The van der Waals surface area contributed by atoms with Crippen LogP contribution in [-0.2, 0) is 7.05 Å². The largest absolute Gasteiger partial charge is 0.454 e. The molecular formula is C25H20N4O2. The van der Waals surface area contributed by atoms with E-state index in [4.69, 9.17) is 9.72 Å². The van der Waals surface area contributed by atoms with Crippen molar-refractivity contribution in [3.8, 4) is 34.0 Å². The summed E-state index contributed by atoms with van der Waals surface area (Å²) in [6.07, 6.45) is 3.58. The molecule has 3 heterocycles. The van der Waals surface area contributed by atoms with Crippen molar-refractivity contribution in [1.82, 2.24) is 19.5 Å². The quantitative estimate of drug-likeness (QED) is 0.449. The van der Waals surface area contributed by atoms with Crippen molar-refractivity contribution in [2.24, 2.45) is 7.05 Å². The Morgan fingerprint density at radius 2 is 1.81 bits per heavy atom. The summed E-state index contributed by atoms with van der Waals surface area (Å²) in [6.45, 7) is 1.95. The first-order valence-corrected chi connectivity index (χ1v) is 9.94. The number of aromatic nitrogens is 4. The maximum atomic E-state index is 11.9. The number of pyridine rings is 2. The molecular weight excluding hydrogens is 388 g/mol. The summed E-state index contributed by atoms with van der Waals surface area (Å²) in [7, 11) is 1.74. The summed E-state index contributed by atoms with van der Waals surface area (Å²) in [4.78, 5) is 24.4. The fourth-order valence-corrected chi connectivity index (χ4v) is 3.57. The molecule has 0 radical (unpaired) electrons. The van der Waals surface area contributed by atoms with Crippen LogP contribution in [0.3, 0.4) is 0 Å². The van der Waals surface area contributed by atoms with E-state index in [-0.39, 0.29) is 5.56 Å². The summed E-state index contributed by atoms with van der Waals surface area (Å²) in [6, 6.07) is 20.9. The van der Waals surface area contributed by atoms with Crippen LogP contribution in [0, 0.1) is 6.92 Å². The van der Waals surface area contributed by atoms with Crippen LogP contribution in [0.25, 0.3) is 33.5 Å². The first-order chi connectivity index (χ1) is 15.1.